The lowest BCUT2D eigenvalue weighted by atomic mass is 9.99. The summed E-state index contributed by atoms with van der Waals surface area (Å²) in [5.74, 6) is -0.316. The Hall–Kier alpha value is -3.92. The van der Waals surface area contributed by atoms with Gasteiger partial charge >= 0.3 is 0 Å². The Bertz CT molecular complexity index is 1310. The molecule has 0 unspecified atom stereocenters. The minimum atomic E-state index is -0.329. The molecule has 0 saturated carbocycles. The molecule has 2 N–H and O–H groups in total. The molecule has 4 heteroatoms. The van der Waals surface area contributed by atoms with Crippen LogP contribution in [0.3, 0.4) is 0 Å². The zero-order valence-electron chi connectivity index (χ0n) is 19.7. The molecule has 1 heterocycles. The van der Waals surface area contributed by atoms with Crippen LogP contribution >= 0.6 is 0 Å². The highest BCUT2D eigenvalue weighted by atomic mass is 16.2. The average molecular weight is 451 g/mol. The van der Waals surface area contributed by atoms with Crippen LogP contribution in [-0.2, 0) is 6.42 Å². The van der Waals surface area contributed by atoms with Crippen molar-refractivity contribution >= 4 is 11.6 Å². The van der Waals surface area contributed by atoms with E-state index in [1.807, 2.05) is 55.5 Å². The summed E-state index contributed by atoms with van der Waals surface area (Å²) in [7, 11) is 0. The van der Waals surface area contributed by atoms with Crippen LogP contribution in [-0.4, -0.2) is 10.9 Å². The third kappa shape index (κ3) is 5.52. The van der Waals surface area contributed by atoms with Crippen molar-refractivity contribution in [2.45, 2.75) is 39.5 Å². The Labute approximate surface area is 200 Å². The Morgan fingerprint density at radius 1 is 0.853 bits per heavy atom. The van der Waals surface area contributed by atoms with Gasteiger partial charge in [-0.25, -0.2) is 0 Å². The molecule has 0 spiro atoms. The van der Waals surface area contributed by atoms with E-state index in [1.54, 1.807) is 24.3 Å². The molecule has 4 nitrogen and oxygen atoms in total. The first kappa shape index (κ1) is 23.2. The smallest absolute Gasteiger partial charge is 0.272 e. The number of hydrogen-bond acceptors (Lipinski definition) is 2. The largest absolute Gasteiger partial charge is 0.320 e. The summed E-state index contributed by atoms with van der Waals surface area (Å²) in [5, 5.41) is 2.84. The molecule has 4 rings (SSSR count). The van der Waals surface area contributed by atoms with Crippen molar-refractivity contribution in [3.8, 4) is 22.4 Å². The number of aromatic nitrogens is 1. The Balaban J connectivity index is 1.72. The summed E-state index contributed by atoms with van der Waals surface area (Å²) in [5.41, 5.74) is 6.06. The summed E-state index contributed by atoms with van der Waals surface area (Å²) in [6.45, 7) is 4.23. The lowest BCUT2D eigenvalue weighted by Gasteiger charge is -2.14. The fraction of sp³-hybridized carbons (Fsp3) is 0.200. The minimum absolute atomic E-state index is 0.248. The standard InChI is InChI=1S/C30H30N2O2/c1-3-4-6-9-22-14-18-24(19-15-22)27-20-26(23-16-12-21(2)13-17-23)28(30(34)31-27)32-29(33)25-10-7-5-8-11-25/h5,7-8,10-20H,3-4,6,9H2,1-2H3,(H,31,34)(H,32,33). The van der Waals surface area contributed by atoms with Gasteiger partial charge in [0, 0.05) is 16.8 Å². The first-order chi connectivity index (χ1) is 16.5. The second kappa shape index (κ2) is 10.8. The third-order valence-corrected chi connectivity index (χ3v) is 6.00. The predicted molar refractivity (Wildman–Crippen MR) is 140 cm³/mol. The summed E-state index contributed by atoms with van der Waals surface area (Å²) >= 11 is 0. The molecule has 4 aromatic rings. The van der Waals surface area contributed by atoms with Crippen LogP contribution in [0.1, 0.15) is 47.7 Å². The van der Waals surface area contributed by atoms with Crippen LogP contribution in [0.15, 0.2) is 89.7 Å². The number of rotatable bonds is 8. The predicted octanol–water partition coefficient (Wildman–Crippen LogP) is 7.00. The maximum atomic E-state index is 13.2. The summed E-state index contributed by atoms with van der Waals surface area (Å²) < 4.78 is 0. The monoisotopic (exact) mass is 450 g/mol. The fourth-order valence-electron chi connectivity index (χ4n) is 4.01. The van der Waals surface area contributed by atoms with Crippen molar-refractivity contribution in [3.63, 3.8) is 0 Å². The van der Waals surface area contributed by atoms with E-state index >= 15 is 0 Å². The van der Waals surface area contributed by atoms with E-state index in [1.165, 1.54) is 24.8 Å². The van der Waals surface area contributed by atoms with Crippen molar-refractivity contribution < 1.29 is 4.79 Å². The Morgan fingerprint density at radius 2 is 1.53 bits per heavy atom. The van der Waals surface area contributed by atoms with Crippen LogP contribution in [0, 0.1) is 6.92 Å². The van der Waals surface area contributed by atoms with Gasteiger partial charge in [-0.15, -0.1) is 0 Å². The van der Waals surface area contributed by atoms with Gasteiger partial charge in [-0.3, -0.25) is 9.59 Å². The highest BCUT2D eigenvalue weighted by molar-refractivity contribution is 6.06. The van der Waals surface area contributed by atoms with Crippen LogP contribution in [0.5, 0.6) is 0 Å². The molecule has 0 aliphatic heterocycles. The number of benzene rings is 3. The number of nitrogens with one attached hydrogen (secondary N) is 2. The molecule has 0 fully saturated rings. The number of H-pyrrole nitrogens is 1. The van der Waals surface area contributed by atoms with E-state index < -0.39 is 0 Å². The number of aryl methyl sites for hydroxylation is 2. The first-order valence-corrected chi connectivity index (χ1v) is 11.8. The van der Waals surface area contributed by atoms with Crippen LogP contribution in [0.25, 0.3) is 22.4 Å². The molecule has 0 bridgehead atoms. The molecule has 0 saturated heterocycles. The minimum Gasteiger partial charge on any atom is -0.320 e. The quantitative estimate of drug-likeness (QED) is 0.284. The Morgan fingerprint density at radius 3 is 2.21 bits per heavy atom. The number of carbonyl (C=O) groups is 1. The zero-order chi connectivity index (χ0) is 23.9. The van der Waals surface area contributed by atoms with Gasteiger partial charge in [0.1, 0.15) is 5.69 Å². The number of anilines is 1. The average Bonchev–Trinajstić information content (AvgIpc) is 2.87. The van der Waals surface area contributed by atoms with Gasteiger partial charge < -0.3 is 10.3 Å². The fourth-order valence-corrected chi connectivity index (χ4v) is 4.01. The molecule has 0 atom stereocenters. The molecular weight excluding hydrogens is 420 g/mol. The van der Waals surface area contributed by atoms with Crippen molar-refractivity contribution in [2.24, 2.45) is 0 Å². The molecule has 0 aliphatic rings. The van der Waals surface area contributed by atoms with Gasteiger partial charge in [-0.1, -0.05) is 92.1 Å². The number of unbranched alkanes of at least 4 members (excludes halogenated alkanes) is 2. The summed E-state index contributed by atoms with van der Waals surface area (Å²) in [6.07, 6.45) is 4.67. The zero-order valence-corrected chi connectivity index (χ0v) is 19.7. The van der Waals surface area contributed by atoms with Crippen LogP contribution in [0.4, 0.5) is 5.69 Å². The van der Waals surface area contributed by atoms with Gasteiger partial charge in [0.2, 0.25) is 0 Å². The van der Waals surface area contributed by atoms with E-state index in [4.69, 9.17) is 0 Å². The van der Waals surface area contributed by atoms with Gasteiger partial charge in [-0.2, -0.15) is 0 Å². The Kier molecular flexibility index (Phi) is 7.38. The summed E-state index contributed by atoms with van der Waals surface area (Å²) in [6, 6.07) is 27.2. The second-order valence-corrected chi connectivity index (χ2v) is 8.64. The van der Waals surface area contributed by atoms with Crippen molar-refractivity contribution in [1.29, 1.82) is 0 Å². The van der Waals surface area contributed by atoms with Gasteiger partial charge in [0.15, 0.2) is 0 Å². The second-order valence-electron chi connectivity index (χ2n) is 8.64. The van der Waals surface area contributed by atoms with E-state index in [0.29, 0.717) is 11.1 Å². The van der Waals surface area contributed by atoms with Gasteiger partial charge in [-0.05, 0) is 54.7 Å². The SMILES string of the molecule is CCCCCc1ccc(-c2cc(-c3ccc(C)cc3)c(NC(=O)c3ccccc3)c(=O)[nH]2)cc1. The number of pyridine rings is 1. The molecule has 0 radical (unpaired) electrons. The molecular formula is C30H30N2O2. The number of amides is 1. The molecule has 1 amide bonds. The van der Waals surface area contributed by atoms with Gasteiger partial charge in [0.25, 0.3) is 11.5 Å². The molecule has 3 aromatic carbocycles. The number of hydrogen-bond donors (Lipinski definition) is 2. The lowest BCUT2D eigenvalue weighted by Crippen LogP contribution is -2.21. The highest BCUT2D eigenvalue weighted by Gasteiger charge is 2.16. The number of aromatic amines is 1. The van der Waals surface area contributed by atoms with Crippen molar-refractivity contribution in [3.05, 3.63) is 112 Å². The summed E-state index contributed by atoms with van der Waals surface area (Å²) in [4.78, 5) is 29.0. The van der Waals surface area contributed by atoms with Gasteiger partial charge in [0.05, 0.1) is 0 Å². The van der Waals surface area contributed by atoms with Crippen LogP contribution < -0.4 is 10.9 Å². The molecule has 172 valence electrons. The third-order valence-electron chi connectivity index (χ3n) is 6.00. The van der Waals surface area contributed by atoms with E-state index in [2.05, 4.69) is 29.4 Å². The van der Waals surface area contributed by atoms with Crippen molar-refractivity contribution in [2.75, 3.05) is 5.32 Å². The maximum Gasteiger partial charge on any atom is 0.272 e. The maximum absolute atomic E-state index is 13.2. The topological polar surface area (TPSA) is 62.0 Å². The molecule has 0 aliphatic carbocycles. The molecule has 34 heavy (non-hydrogen) atoms. The lowest BCUT2D eigenvalue weighted by molar-refractivity contribution is 0.102. The first-order valence-electron chi connectivity index (χ1n) is 11.8. The van der Waals surface area contributed by atoms with E-state index in [-0.39, 0.29) is 17.2 Å². The highest BCUT2D eigenvalue weighted by Crippen LogP contribution is 2.30. The van der Waals surface area contributed by atoms with E-state index in [0.717, 1.165) is 28.8 Å². The van der Waals surface area contributed by atoms with Crippen LogP contribution in [0.2, 0.25) is 0 Å². The van der Waals surface area contributed by atoms with Crippen molar-refractivity contribution in [1.82, 2.24) is 4.98 Å². The molecule has 1 aromatic heterocycles. The number of carbonyl (C=O) groups excluding carboxylic acids is 1. The normalized spacial score (nSPS) is 10.8. The van der Waals surface area contributed by atoms with E-state index in [9.17, 15) is 9.59 Å².